The minimum Gasteiger partial charge on any atom is -0.334 e. The second-order valence-electron chi connectivity index (χ2n) is 4.01. The lowest BCUT2D eigenvalue weighted by atomic mass is 9.83. The highest BCUT2D eigenvalue weighted by atomic mass is 31.1. The summed E-state index contributed by atoms with van der Waals surface area (Å²) in [7, 11) is 0.268. The third kappa shape index (κ3) is 2.42. The van der Waals surface area contributed by atoms with Crippen molar-refractivity contribution in [2.45, 2.75) is 33.8 Å². The molecule has 1 aliphatic heterocycles. The van der Waals surface area contributed by atoms with Gasteiger partial charge in [0, 0.05) is 0 Å². The minimum absolute atomic E-state index is 0.268. The Kier molecular flexibility index (Phi) is 3.95. The lowest BCUT2D eigenvalue weighted by Crippen LogP contribution is -2.28. The van der Waals surface area contributed by atoms with Crippen molar-refractivity contribution < 1.29 is 9.05 Å². The van der Waals surface area contributed by atoms with Gasteiger partial charge in [0.25, 0.3) is 0 Å². The molecular formula is C9H19O2P. The zero-order valence-electron chi connectivity index (χ0n) is 8.33. The molecule has 12 heavy (non-hydrogen) atoms. The Morgan fingerprint density at radius 1 is 1.25 bits per heavy atom. The molecule has 0 saturated carbocycles. The van der Waals surface area contributed by atoms with Gasteiger partial charge in [-0.1, -0.05) is 27.7 Å². The van der Waals surface area contributed by atoms with Gasteiger partial charge in [0.15, 0.2) is 9.03 Å². The second-order valence-corrected chi connectivity index (χ2v) is 4.70. The molecule has 0 radical (unpaired) electrons. The van der Waals surface area contributed by atoms with Crippen LogP contribution in [0.15, 0.2) is 0 Å². The standard InChI is InChI=1S/C9H19O2P/c1-6(2)7(3)8(4)9-5-10-12-11-9/h6-9,12H,5H2,1-4H3/t7?,8?,9-/m1/s1. The summed E-state index contributed by atoms with van der Waals surface area (Å²) >= 11 is 0. The average Bonchev–Trinajstić information content (AvgIpc) is 2.53. The Morgan fingerprint density at radius 3 is 2.33 bits per heavy atom. The fraction of sp³-hybridized carbons (Fsp3) is 1.00. The van der Waals surface area contributed by atoms with E-state index < -0.39 is 0 Å². The smallest absolute Gasteiger partial charge is 0.155 e. The molecule has 0 bridgehead atoms. The van der Waals surface area contributed by atoms with Crippen LogP contribution in [0.5, 0.6) is 0 Å². The van der Waals surface area contributed by atoms with Crippen LogP contribution in [0.4, 0.5) is 0 Å². The van der Waals surface area contributed by atoms with Gasteiger partial charge in [-0.2, -0.15) is 0 Å². The van der Waals surface area contributed by atoms with E-state index in [1.807, 2.05) is 0 Å². The van der Waals surface area contributed by atoms with Crippen LogP contribution in [0.2, 0.25) is 0 Å². The summed E-state index contributed by atoms with van der Waals surface area (Å²) in [6, 6.07) is 0. The van der Waals surface area contributed by atoms with E-state index >= 15 is 0 Å². The topological polar surface area (TPSA) is 18.5 Å². The van der Waals surface area contributed by atoms with Crippen LogP contribution in [0.1, 0.15) is 27.7 Å². The highest BCUT2D eigenvalue weighted by molar-refractivity contribution is 7.26. The van der Waals surface area contributed by atoms with E-state index in [0.29, 0.717) is 17.9 Å². The average molecular weight is 190 g/mol. The molecule has 0 aromatic heterocycles. The first kappa shape index (κ1) is 10.4. The predicted molar refractivity (Wildman–Crippen MR) is 52.3 cm³/mol. The maximum atomic E-state index is 5.49. The van der Waals surface area contributed by atoms with Crippen LogP contribution in [0.3, 0.4) is 0 Å². The van der Waals surface area contributed by atoms with E-state index in [1.54, 1.807) is 0 Å². The maximum Gasteiger partial charge on any atom is 0.155 e. The molecule has 1 rings (SSSR count). The molecule has 3 unspecified atom stereocenters. The summed E-state index contributed by atoms with van der Waals surface area (Å²) in [6.45, 7) is 9.86. The molecule has 0 spiro atoms. The maximum absolute atomic E-state index is 5.49. The van der Waals surface area contributed by atoms with Crippen molar-refractivity contribution in [2.24, 2.45) is 17.8 Å². The van der Waals surface area contributed by atoms with Crippen molar-refractivity contribution in [3.8, 4) is 0 Å². The summed E-state index contributed by atoms with van der Waals surface area (Å²) < 4.78 is 10.7. The molecule has 1 fully saturated rings. The van der Waals surface area contributed by atoms with Gasteiger partial charge in [0.05, 0.1) is 12.7 Å². The summed E-state index contributed by atoms with van der Waals surface area (Å²) in [6.07, 6.45) is 0.334. The van der Waals surface area contributed by atoms with E-state index in [1.165, 1.54) is 0 Å². The molecule has 0 amide bonds. The summed E-state index contributed by atoms with van der Waals surface area (Å²) in [5, 5.41) is 0. The van der Waals surface area contributed by atoms with E-state index in [-0.39, 0.29) is 9.03 Å². The quantitative estimate of drug-likeness (QED) is 0.637. The first-order valence-electron chi connectivity index (χ1n) is 4.65. The molecule has 0 aliphatic carbocycles. The normalized spacial score (nSPS) is 31.2. The van der Waals surface area contributed by atoms with Crippen molar-refractivity contribution in [1.29, 1.82) is 0 Å². The minimum atomic E-state index is 0.268. The number of rotatable bonds is 3. The first-order chi connectivity index (χ1) is 5.63. The number of hydrogen-bond acceptors (Lipinski definition) is 2. The van der Waals surface area contributed by atoms with Crippen LogP contribution in [-0.2, 0) is 9.05 Å². The molecular weight excluding hydrogens is 171 g/mol. The van der Waals surface area contributed by atoms with Gasteiger partial charge < -0.3 is 9.05 Å². The summed E-state index contributed by atoms with van der Waals surface area (Å²) in [5.41, 5.74) is 0. The van der Waals surface area contributed by atoms with Crippen molar-refractivity contribution in [1.82, 2.24) is 0 Å². The van der Waals surface area contributed by atoms with Gasteiger partial charge in [-0.15, -0.1) is 0 Å². The molecule has 1 heterocycles. The SMILES string of the molecule is CC(C)C(C)C(C)[C@H]1COPO1. The van der Waals surface area contributed by atoms with Crippen LogP contribution in [0.25, 0.3) is 0 Å². The van der Waals surface area contributed by atoms with Crippen LogP contribution in [-0.4, -0.2) is 12.7 Å². The zero-order valence-corrected chi connectivity index (χ0v) is 9.33. The van der Waals surface area contributed by atoms with Gasteiger partial charge in [-0.25, -0.2) is 0 Å². The lowest BCUT2D eigenvalue weighted by Gasteiger charge is -2.26. The third-order valence-corrected chi connectivity index (χ3v) is 3.66. The Hall–Kier alpha value is 0.350. The molecule has 0 aromatic carbocycles. The molecule has 3 heteroatoms. The van der Waals surface area contributed by atoms with Gasteiger partial charge in [0.1, 0.15) is 0 Å². The molecule has 1 saturated heterocycles. The summed E-state index contributed by atoms with van der Waals surface area (Å²) in [4.78, 5) is 0. The van der Waals surface area contributed by atoms with Gasteiger partial charge in [-0.3, -0.25) is 0 Å². The van der Waals surface area contributed by atoms with Crippen molar-refractivity contribution in [2.75, 3.05) is 6.61 Å². The van der Waals surface area contributed by atoms with Gasteiger partial charge >= 0.3 is 0 Å². The van der Waals surface area contributed by atoms with Crippen molar-refractivity contribution >= 4 is 9.03 Å². The largest absolute Gasteiger partial charge is 0.334 e. The Labute approximate surface area is 77.0 Å². The highest BCUT2D eigenvalue weighted by Gasteiger charge is 2.28. The van der Waals surface area contributed by atoms with Gasteiger partial charge in [-0.05, 0) is 17.8 Å². The molecule has 2 nitrogen and oxygen atoms in total. The van der Waals surface area contributed by atoms with Crippen molar-refractivity contribution in [3.63, 3.8) is 0 Å². The predicted octanol–water partition coefficient (Wildman–Crippen LogP) is 2.84. The van der Waals surface area contributed by atoms with E-state index in [2.05, 4.69) is 27.7 Å². The van der Waals surface area contributed by atoms with E-state index in [4.69, 9.17) is 9.05 Å². The summed E-state index contributed by atoms with van der Waals surface area (Å²) in [5.74, 6) is 2.05. The fourth-order valence-corrected chi connectivity index (χ4v) is 2.16. The molecule has 1 aliphatic rings. The Morgan fingerprint density at radius 2 is 1.92 bits per heavy atom. The van der Waals surface area contributed by atoms with Crippen LogP contribution >= 0.6 is 9.03 Å². The number of hydrogen-bond donors (Lipinski definition) is 0. The first-order valence-corrected chi connectivity index (χ1v) is 5.47. The molecule has 72 valence electrons. The third-order valence-electron chi connectivity index (χ3n) is 2.97. The Bertz CT molecular complexity index is 130. The molecule has 0 N–H and O–H groups in total. The van der Waals surface area contributed by atoms with E-state index in [0.717, 1.165) is 12.5 Å². The van der Waals surface area contributed by atoms with E-state index in [9.17, 15) is 0 Å². The van der Waals surface area contributed by atoms with Crippen molar-refractivity contribution in [3.05, 3.63) is 0 Å². The highest BCUT2D eigenvalue weighted by Crippen LogP contribution is 2.34. The molecule has 0 aromatic rings. The van der Waals surface area contributed by atoms with Gasteiger partial charge in [0.2, 0.25) is 0 Å². The Balaban J connectivity index is 2.39. The lowest BCUT2D eigenvalue weighted by molar-refractivity contribution is 0.116. The monoisotopic (exact) mass is 190 g/mol. The second kappa shape index (κ2) is 4.55. The zero-order chi connectivity index (χ0) is 9.14. The van der Waals surface area contributed by atoms with Crippen LogP contribution in [0, 0.1) is 17.8 Å². The molecule has 4 atom stereocenters. The van der Waals surface area contributed by atoms with Crippen LogP contribution < -0.4 is 0 Å². The fourth-order valence-electron chi connectivity index (χ4n) is 1.45.